The van der Waals surface area contributed by atoms with Crippen LogP contribution in [-0.4, -0.2) is 69.3 Å². The lowest BCUT2D eigenvalue weighted by atomic mass is 10.1. The number of anilines is 1. The molecule has 0 bridgehead atoms. The SMILES string of the molecule is COc1ccc(CN(C(=O)CN(c2ccc(F)cc2)S(=O)(=O)N(C)C)[C@H](C)C(=O)NC2CCCC2)cc1. The number of methoxy groups -OCH3 is 1. The van der Waals surface area contributed by atoms with Gasteiger partial charge in [-0.1, -0.05) is 25.0 Å². The summed E-state index contributed by atoms with van der Waals surface area (Å²) in [5.74, 6) is -0.749. The summed E-state index contributed by atoms with van der Waals surface area (Å²) in [6, 6.07) is 11.1. The largest absolute Gasteiger partial charge is 0.497 e. The van der Waals surface area contributed by atoms with E-state index in [1.165, 1.54) is 31.1 Å². The molecule has 1 aliphatic rings. The van der Waals surface area contributed by atoms with E-state index in [0.717, 1.165) is 52.0 Å². The quantitative estimate of drug-likeness (QED) is 0.478. The summed E-state index contributed by atoms with van der Waals surface area (Å²) in [5, 5.41) is 3.02. The highest BCUT2D eigenvalue weighted by Gasteiger charge is 2.33. The van der Waals surface area contributed by atoms with Crippen LogP contribution in [0, 0.1) is 5.82 Å². The van der Waals surface area contributed by atoms with Gasteiger partial charge in [-0.25, -0.2) is 8.70 Å². The molecule has 3 rings (SSSR count). The Balaban J connectivity index is 1.91. The molecule has 1 atom stereocenters. The highest BCUT2D eigenvalue weighted by atomic mass is 32.2. The summed E-state index contributed by atoms with van der Waals surface area (Å²) in [4.78, 5) is 28.2. The van der Waals surface area contributed by atoms with Crippen molar-refractivity contribution >= 4 is 27.7 Å². The number of ether oxygens (including phenoxy) is 1. The second kappa shape index (κ2) is 12.4. The molecule has 1 aliphatic carbocycles. The Kier molecular flexibility index (Phi) is 9.50. The Hall–Kier alpha value is -3.18. The summed E-state index contributed by atoms with van der Waals surface area (Å²) < 4.78 is 46.9. The second-order valence-corrected chi connectivity index (χ2v) is 11.4. The van der Waals surface area contributed by atoms with Gasteiger partial charge < -0.3 is 15.0 Å². The Bertz CT molecular complexity index is 1170. The zero-order valence-corrected chi connectivity index (χ0v) is 22.5. The summed E-state index contributed by atoms with van der Waals surface area (Å²) in [6.45, 7) is 1.15. The number of halogens is 1. The van der Waals surface area contributed by atoms with Crippen LogP contribution in [0.3, 0.4) is 0 Å². The van der Waals surface area contributed by atoms with Crippen LogP contribution in [0.1, 0.15) is 38.2 Å². The molecule has 9 nitrogen and oxygen atoms in total. The number of hydrogen-bond acceptors (Lipinski definition) is 5. The molecule has 2 amide bonds. The first-order valence-electron chi connectivity index (χ1n) is 12.2. The van der Waals surface area contributed by atoms with Gasteiger partial charge in [-0.05, 0) is 61.7 Å². The van der Waals surface area contributed by atoms with Gasteiger partial charge in [-0.15, -0.1) is 0 Å². The lowest BCUT2D eigenvalue weighted by Gasteiger charge is -2.33. The third-order valence-corrected chi connectivity index (χ3v) is 8.33. The average Bonchev–Trinajstić information content (AvgIpc) is 3.39. The molecule has 0 unspecified atom stereocenters. The first-order chi connectivity index (χ1) is 17.5. The van der Waals surface area contributed by atoms with E-state index in [-0.39, 0.29) is 24.2 Å². The minimum absolute atomic E-state index is 0.0673. The fourth-order valence-electron chi connectivity index (χ4n) is 4.23. The molecule has 0 saturated heterocycles. The van der Waals surface area contributed by atoms with Gasteiger partial charge in [0.1, 0.15) is 24.2 Å². The number of rotatable bonds is 11. The highest BCUT2D eigenvalue weighted by Crippen LogP contribution is 2.22. The van der Waals surface area contributed by atoms with Crippen molar-refractivity contribution in [3.8, 4) is 5.75 Å². The zero-order valence-electron chi connectivity index (χ0n) is 21.7. The van der Waals surface area contributed by atoms with E-state index in [1.807, 2.05) is 0 Å². The van der Waals surface area contributed by atoms with E-state index in [9.17, 15) is 22.4 Å². The van der Waals surface area contributed by atoms with Crippen LogP contribution in [0.15, 0.2) is 48.5 Å². The van der Waals surface area contributed by atoms with Gasteiger partial charge in [-0.3, -0.25) is 9.59 Å². The monoisotopic (exact) mass is 534 g/mol. The van der Waals surface area contributed by atoms with Gasteiger partial charge in [0.15, 0.2) is 0 Å². The predicted molar refractivity (Wildman–Crippen MR) is 140 cm³/mol. The Morgan fingerprint density at radius 3 is 2.19 bits per heavy atom. The summed E-state index contributed by atoms with van der Waals surface area (Å²) >= 11 is 0. The number of nitrogens with zero attached hydrogens (tertiary/aromatic N) is 3. The van der Waals surface area contributed by atoms with E-state index in [4.69, 9.17) is 4.74 Å². The number of hydrogen-bond donors (Lipinski definition) is 1. The smallest absolute Gasteiger partial charge is 0.304 e. The molecule has 2 aromatic carbocycles. The van der Waals surface area contributed by atoms with Crippen molar-refractivity contribution in [3.05, 3.63) is 59.9 Å². The van der Waals surface area contributed by atoms with Gasteiger partial charge in [0.25, 0.3) is 0 Å². The molecular formula is C26H35FN4O5S. The Morgan fingerprint density at radius 2 is 1.65 bits per heavy atom. The maximum absolute atomic E-state index is 13.7. The van der Waals surface area contributed by atoms with Crippen molar-refractivity contribution in [2.75, 3.05) is 32.1 Å². The molecule has 2 aromatic rings. The average molecular weight is 535 g/mol. The van der Waals surface area contributed by atoms with Gasteiger partial charge in [0, 0.05) is 26.7 Å². The molecule has 37 heavy (non-hydrogen) atoms. The van der Waals surface area contributed by atoms with Crippen LogP contribution >= 0.6 is 0 Å². The predicted octanol–water partition coefficient (Wildman–Crippen LogP) is 2.92. The normalized spacial score (nSPS) is 14.9. The molecule has 0 heterocycles. The first kappa shape index (κ1) is 28.4. The van der Waals surface area contributed by atoms with E-state index >= 15 is 0 Å². The van der Waals surface area contributed by atoms with Crippen molar-refractivity contribution in [2.24, 2.45) is 0 Å². The van der Waals surface area contributed by atoms with Crippen LogP contribution in [-0.2, 0) is 26.3 Å². The minimum Gasteiger partial charge on any atom is -0.497 e. The molecule has 1 saturated carbocycles. The number of carbonyl (C=O) groups is 2. The van der Waals surface area contributed by atoms with Gasteiger partial charge in [0.2, 0.25) is 11.8 Å². The summed E-state index contributed by atoms with van der Waals surface area (Å²) in [6.07, 6.45) is 3.88. The Morgan fingerprint density at radius 1 is 1.05 bits per heavy atom. The molecule has 0 radical (unpaired) electrons. The van der Waals surface area contributed by atoms with Gasteiger partial charge >= 0.3 is 10.2 Å². The number of nitrogens with one attached hydrogen (secondary N) is 1. The van der Waals surface area contributed by atoms with E-state index in [1.54, 1.807) is 38.3 Å². The van der Waals surface area contributed by atoms with Crippen molar-refractivity contribution in [1.29, 1.82) is 0 Å². The minimum atomic E-state index is -4.10. The van der Waals surface area contributed by atoms with Gasteiger partial charge in [0.05, 0.1) is 12.8 Å². The maximum atomic E-state index is 13.7. The van der Waals surface area contributed by atoms with E-state index in [0.29, 0.717) is 5.75 Å². The van der Waals surface area contributed by atoms with Crippen LogP contribution in [0.2, 0.25) is 0 Å². The first-order valence-corrected chi connectivity index (χ1v) is 13.6. The van der Waals surface area contributed by atoms with Crippen LogP contribution in [0.5, 0.6) is 5.75 Å². The van der Waals surface area contributed by atoms with Crippen LogP contribution in [0.4, 0.5) is 10.1 Å². The molecule has 1 N–H and O–H groups in total. The van der Waals surface area contributed by atoms with Crippen molar-refractivity contribution in [2.45, 2.75) is 51.2 Å². The molecule has 202 valence electrons. The fourth-order valence-corrected chi connectivity index (χ4v) is 5.28. The zero-order chi connectivity index (χ0) is 27.2. The lowest BCUT2D eigenvalue weighted by Crippen LogP contribution is -2.53. The molecule has 0 aromatic heterocycles. The molecule has 1 fully saturated rings. The summed E-state index contributed by atoms with van der Waals surface area (Å²) in [7, 11) is 0.151. The van der Waals surface area contributed by atoms with Crippen molar-refractivity contribution in [3.63, 3.8) is 0 Å². The number of carbonyl (C=O) groups excluding carboxylic acids is 2. The van der Waals surface area contributed by atoms with Crippen molar-refractivity contribution in [1.82, 2.24) is 14.5 Å². The van der Waals surface area contributed by atoms with Crippen LogP contribution < -0.4 is 14.4 Å². The molecular weight excluding hydrogens is 499 g/mol. The number of benzene rings is 2. The fraction of sp³-hybridized carbons (Fsp3) is 0.462. The molecule has 0 spiro atoms. The summed E-state index contributed by atoms with van der Waals surface area (Å²) in [5.41, 5.74) is 0.884. The standard InChI is InChI=1S/C26H35FN4O5S/c1-19(26(33)28-22-7-5-6-8-22)30(17-20-9-15-24(36-4)16-10-20)25(32)18-31(37(34,35)29(2)3)23-13-11-21(27)12-14-23/h9-16,19,22H,5-8,17-18H2,1-4H3,(H,28,33)/t19-/m1/s1. The van der Waals surface area contributed by atoms with E-state index in [2.05, 4.69) is 5.32 Å². The van der Waals surface area contributed by atoms with E-state index < -0.39 is 34.5 Å². The molecule has 0 aliphatic heterocycles. The third kappa shape index (κ3) is 7.20. The highest BCUT2D eigenvalue weighted by molar-refractivity contribution is 7.90. The second-order valence-electron chi connectivity index (χ2n) is 9.31. The third-order valence-electron chi connectivity index (χ3n) is 6.51. The molecule has 11 heteroatoms. The van der Waals surface area contributed by atoms with Gasteiger partial charge in [-0.2, -0.15) is 12.7 Å². The topological polar surface area (TPSA) is 99.3 Å². The Labute approximate surface area is 218 Å². The van der Waals surface area contributed by atoms with Crippen LogP contribution in [0.25, 0.3) is 0 Å². The maximum Gasteiger partial charge on any atom is 0.304 e. The van der Waals surface area contributed by atoms with Crippen molar-refractivity contribution < 1.29 is 27.1 Å². The lowest BCUT2D eigenvalue weighted by molar-refractivity contribution is -0.139. The number of amides is 2.